The van der Waals surface area contributed by atoms with E-state index in [0.717, 1.165) is 24.4 Å². The van der Waals surface area contributed by atoms with Crippen LogP contribution in [0.1, 0.15) is 18.1 Å². The number of nitrogens with zero attached hydrogens (tertiary/aromatic N) is 1. The largest absolute Gasteiger partial charge is 0.326 e. The fraction of sp³-hybridized carbons (Fsp3) is 0.538. The van der Waals surface area contributed by atoms with Gasteiger partial charge in [0.05, 0.1) is 0 Å². The van der Waals surface area contributed by atoms with Crippen LogP contribution < -0.4 is 5.73 Å². The summed E-state index contributed by atoms with van der Waals surface area (Å²) in [4.78, 5) is 2.32. The van der Waals surface area contributed by atoms with Crippen molar-refractivity contribution in [2.24, 2.45) is 5.73 Å². The van der Waals surface area contributed by atoms with E-state index in [4.69, 9.17) is 5.73 Å². The molecule has 1 atom stereocenters. The quantitative estimate of drug-likeness (QED) is 0.897. The van der Waals surface area contributed by atoms with Crippen LogP contribution in [0.3, 0.4) is 0 Å². The van der Waals surface area contributed by atoms with Crippen LogP contribution in [-0.2, 0) is 13.1 Å². The average Bonchev–Trinajstić information content (AvgIpc) is 2.32. The first-order valence-electron chi connectivity index (χ1n) is 6.01. The highest BCUT2D eigenvalue weighted by Crippen LogP contribution is 2.21. The number of hydrogen-bond donors (Lipinski definition) is 1. The number of benzene rings is 1. The Morgan fingerprint density at radius 2 is 2.24 bits per heavy atom. The zero-order valence-corrected chi connectivity index (χ0v) is 11.0. The topological polar surface area (TPSA) is 29.3 Å². The van der Waals surface area contributed by atoms with Crippen LogP contribution in [0.25, 0.3) is 0 Å². The first-order chi connectivity index (χ1) is 8.20. The molecule has 94 valence electrons. The Kier molecular flexibility index (Phi) is 4.42. The Bertz CT molecular complexity index is 384. The molecule has 1 aliphatic heterocycles. The van der Waals surface area contributed by atoms with E-state index in [-0.39, 0.29) is 12.4 Å². The summed E-state index contributed by atoms with van der Waals surface area (Å²) >= 11 is 1.99. The van der Waals surface area contributed by atoms with Gasteiger partial charge < -0.3 is 5.73 Å². The zero-order valence-electron chi connectivity index (χ0n) is 10.2. The summed E-state index contributed by atoms with van der Waals surface area (Å²) < 4.78 is 14.0. The number of hydrogen-bond acceptors (Lipinski definition) is 3. The van der Waals surface area contributed by atoms with E-state index in [1.165, 1.54) is 0 Å². The first kappa shape index (κ1) is 12.9. The van der Waals surface area contributed by atoms with Crippen LogP contribution in [0.2, 0.25) is 0 Å². The van der Waals surface area contributed by atoms with Crippen molar-refractivity contribution >= 4 is 11.8 Å². The Hall–Kier alpha value is -0.580. The van der Waals surface area contributed by atoms with Gasteiger partial charge in [-0.25, -0.2) is 4.39 Å². The SMILES string of the molecule is CC1CN(Cc2cccc(CN)c2F)CCS1. The molecule has 1 aromatic carbocycles. The summed E-state index contributed by atoms with van der Waals surface area (Å²) in [5.74, 6) is 1.01. The molecule has 1 unspecified atom stereocenters. The van der Waals surface area contributed by atoms with Crippen LogP contribution in [-0.4, -0.2) is 29.0 Å². The summed E-state index contributed by atoms with van der Waals surface area (Å²) in [5.41, 5.74) is 6.90. The van der Waals surface area contributed by atoms with Gasteiger partial charge in [0.15, 0.2) is 0 Å². The molecule has 1 saturated heterocycles. The van der Waals surface area contributed by atoms with Crippen molar-refractivity contribution in [2.75, 3.05) is 18.8 Å². The van der Waals surface area contributed by atoms with Crippen molar-refractivity contribution in [3.63, 3.8) is 0 Å². The lowest BCUT2D eigenvalue weighted by molar-refractivity contribution is 0.274. The van der Waals surface area contributed by atoms with Gasteiger partial charge >= 0.3 is 0 Å². The minimum absolute atomic E-state index is 0.124. The van der Waals surface area contributed by atoms with Gasteiger partial charge in [0, 0.05) is 48.3 Å². The van der Waals surface area contributed by atoms with Crippen molar-refractivity contribution in [1.29, 1.82) is 0 Å². The predicted octanol–water partition coefficient (Wildman–Crippen LogP) is 2.22. The molecule has 0 spiro atoms. The summed E-state index contributed by atoms with van der Waals surface area (Å²) in [6, 6.07) is 5.51. The van der Waals surface area contributed by atoms with Gasteiger partial charge in [-0.05, 0) is 0 Å². The highest BCUT2D eigenvalue weighted by molar-refractivity contribution is 7.99. The van der Waals surface area contributed by atoms with Gasteiger partial charge in [0.1, 0.15) is 5.82 Å². The van der Waals surface area contributed by atoms with Gasteiger partial charge in [-0.3, -0.25) is 4.90 Å². The summed E-state index contributed by atoms with van der Waals surface area (Å²) in [6.07, 6.45) is 0. The van der Waals surface area contributed by atoms with E-state index >= 15 is 0 Å². The molecular formula is C13H19FN2S. The Balaban J connectivity index is 2.07. The fourth-order valence-electron chi connectivity index (χ4n) is 2.19. The third kappa shape index (κ3) is 3.21. The number of nitrogens with two attached hydrogens (primary N) is 1. The highest BCUT2D eigenvalue weighted by Gasteiger charge is 2.18. The van der Waals surface area contributed by atoms with Gasteiger partial charge in [0.2, 0.25) is 0 Å². The lowest BCUT2D eigenvalue weighted by Gasteiger charge is -2.30. The number of halogens is 1. The third-order valence-electron chi connectivity index (χ3n) is 3.10. The molecule has 1 aliphatic rings. The predicted molar refractivity (Wildman–Crippen MR) is 71.5 cm³/mol. The van der Waals surface area contributed by atoms with E-state index in [2.05, 4.69) is 11.8 Å². The van der Waals surface area contributed by atoms with E-state index < -0.39 is 0 Å². The Labute approximate surface area is 106 Å². The number of thioether (sulfide) groups is 1. The molecule has 17 heavy (non-hydrogen) atoms. The maximum absolute atomic E-state index is 14.0. The lowest BCUT2D eigenvalue weighted by atomic mass is 10.1. The van der Waals surface area contributed by atoms with Crippen LogP contribution >= 0.6 is 11.8 Å². The van der Waals surface area contributed by atoms with E-state index in [9.17, 15) is 4.39 Å². The van der Waals surface area contributed by atoms with Crippen LogP contribution in [0.15, 0.2) is 18.2 Å². The molecule has 2 nitrogen and oxygen atoms in total. The Morgan fingerprint density at radius 3 is 2.94 bits per heavy atom. The molecule has 1 heterocycles. The van der Waals surface area contributed by atoms with Gasteiger partial charge in [-0.15, -0.1) is 0 Å². The minimum atomic E-state index is -0.124. The third-order valence-corrected chi connectivity index (χ3v) is 4.23. The molecule has 4 heteroatoms. The van der Waals surface area contributed by atoms with Gasteiger partial charge in [-0.2, -0.15) is 11.8 Å². The second kappa shape index (κ2) is 5.85. The summed E-state index contributed by atoms with van der Waals surface area (Å²) in [5, 5.41) is 0.643. The Morgan fingerprint density at radius 1 is 1.47 bits per heavy atom. The molecule has 0 aliphatic carbocycles. The minimum Gasteiger partial charge on any atom is -0.326 e. The first-order valence-corrected chi connectivity index (χ1v) is 7.06. The maximum atomic E-state index is 14.0. The lowest BCUT2D eigenvalue weighted by Crippen LogP contribution is -2.36. The molecule has 1 aromatic rings. The van der Waals surface area contributed by atoms with Crippen LogP contribution in [0, 0.1) is 5.82 Å². The van der Waals surface area contributed by atoms with Gasteiger partial charge in [-0.1, -0.05) is 25.1 Å². The monoisotopic (exact) mass is 254 g/mol. The smallest absolute Gasteiger partial charge is 0.132 e. The van der Waals surface area contributed by atoms with Crippen LogP contribution in [0.5, 0.6) is 0 Å². The molecule has 0 saturated carbocycles. The van der Waals surface area contributed by atoms with E-state index in [1.807, 2.05) is 23.9 Å². The second-order valence-electron chi connectivity index (χ2n) is 4.51. The molecule has 0 bridgehead atoms. The summed E-state index contributed by atoms with van der Waals surface area (Å²) in [6.45, 7) is 5.28. The molecule has 0 radical (unpaired) electrons. The fourth-order valence-corrected chi connectivity index (χ4v) is 3.27. The molecule has 2 rings (SSSR count). The summed E-state index contributed by atoms with van der Waals surface area (Å²) in [7, 11) is 0. The van der Waals surface area contributed by atoms with Gasteiger partial charge in [0.25, 0.3) is 0 Å². The standard InChI is InChI=1S/C13H19FN2S/c1-10-8-16(5-6-17-10)9-12-4-2-3-11(7-15)13(12)14/h2-4,10H,5-9,15H2,1H3. The molecule has 2 N–H and O–H groups in total. The van der Waals surface area contributed by atoms with Crippen LogP contribution in [0.4, 0.5) is 4.39 Å². The van der Waals surface area contributed by atoms with Crippen molar-refractivity contribution in [3.05, 3.63) is 35.1 Å². The molecule has 0 aromatic heterocycles. The van der Waals surface area contributed by atoms with Crippen molar-refractivity contribution in [2.45, 2.75) is 25.3 Å². The van der Waals surface area contributed by atoms with E-state index in [1.54, 1.807) is 6.07 Å². The molecule has 1 fully saturated rings. The van der Waals surface area contributed by atoms with Crippen molar-refractivity contribution in [1.82, 2.24) is 4.90 Å². The van der Waals surface area contributed by atoms with Crippen molar-refractivity contribution < 1.29 is 4.39 Å². The average molecular weight is 254 g/mol. The van der Waals surface area contributed by atoms with E-state index in [0.29, 0.717) is 17.4 Å². The number of rotatable bonds is 3. The molecule has 0 amide bonds. The maximum Gasteiger partial charge on any atom is 0.132 e. The van der Waals surface area contributed by atoms with Crippen molar-refractivity contribution in [3.8, 4) is 0 Å². The normalized spacial score (nSPS) is 21.7. The zero-order chi connectivity index (χ0) is 12.3. The second-order valence-corrected chi connectivity index (χ2v) is 6.06. The highest BCUT2D eigenvalue weighted by atomic mass is 32.2. The molecular weight excluding hydrogens is 235 g/mol.